The molecular formula is C14H21N3OS. The predicted molar refractivity (Wildman–Crippen MR) is 80.8 cm³/mol. The van der Waals surface area contributed by atoms with Gasteiger partial charge in [-0.3, -0.25) is 9.78 Å². The van der Waals surface area contributed by atoms with Crippen molar-refractivity contribution >= 4 is 23.4 Å². The lowest BCUT2D eigenvalue weighted by molar-refractivity contribution is 0.0930. The fraction of sp³-hybridized carbons (Fsp3) is 0.571. The number of amides is 1. The molecule has 0 bridgehead atoms. The third-order valence-electron chi connectivity index (χ3n) is 3.13. The number of aromatic nitrogens is 1. The minimum atomic E-state index is -0.0583. The van der Waals surface area contributed by atoms with Crippen LogP contribution in [0.1, 0.15) is 36.7 Å². The summed E-state index contributed by atoms with van der Waals surface area (Å²) < 4.78 is 0. The van der Waals surface area contributed by atoms with Crippen molar-refractivity contribution < 1.29 is 4.79 Å². The normalized spacial score (nSPS) is 16.1. The number of rotatable bonds is 5. The van der Waals surface area contributed by atoms with Crippen LogP contribution in [0.15, 0.2) is 18.3 Å². The zero-order valence-corrected chi connectivity index (χ0v) is 12.1. The number of carbonyl (C=O) groups excluding carboxylic acids is 1. The van der Waals surface area contributed by atoms with E-state index in [0.29, 0.717) is 11.7 Å². The number of thioether (sulfide) groups is 1. The summed E-state index contributed by atoms with van der Waals surface area (Å²) in [6.07, 6.45) is 4.86. The Balaban J connectivity index is 1.93. The lowest BCUT2D eigenvalue weighted by Crippen LogP contribution is -2.37. The largest absolute Gasteiger partial charge is 0.385 e. The molecule has 0 unspecified atom stereocenters. The van der Waals surface area contributed by atoms with E-state index < -0.39 is 0 Å². The minimum Gasteiger partial charge on any atom is -0.385 e. The van der Waals surface area contributed by atoms with Crippen LogP contribution in [-0.4, -0.2) is 35.0 Å². The molecule has 0 radical (unpaired) electrons. The minimum absolute atomic E-state index is 0.0583. The second-order valence-corrected chi connectivity index (χ2v) is 5.94. The Morgan fingerprint density at radius 2 is 2.26 bits per heavy atom. The van der Waals surface area contributed by atoms with Crippen molar-refractivity contribution in [1.82, 2.24) is 10.3 Å². The molecule has 1 amide bonds. The van der Waals surface area contributed by atoms with Gasteiger partial charge in [0.1, 0.15) is 5.69 Å². The monoisotopic (exact) mass is 279 g/mol. The Hall–Kier alpha value is -1.23. The van der Waals surface area contributed by atoms with Crippen LogP contribution < -0.4 is 10.6 Å². The molecule has 0 saturated carbocycles. The van der Waals surface area contributed by atoms with Crippen molar-refractivity contribution in [2.45, 2.75) is 32.2 Å². The second-order valence-electron chi connectivity index (χ2n) is 4.72. The van der Waals surface area contributed by atoms with Crippen LogP contribution in [0.4, 0.5) is 5.69 Å². The van der Waals surface area contributed by atoms with Gasteiger partial charge >= 0.3 is 0 Å². The number of carbonyl (C=O) groups is 1. The number of pyridine rings is 1. The van der Waals surface area contributed by atoms with E-state index in [1.54, 1.807) is 6.20 Å². The summed E-state index contributed by atoms with van der Waals surface area (Å²) in [6.45, 7) is 3.02. The highest BCUT2D eigenvalue weighted by Crippen LogP contribution is 2.17. The Labute approximate surface area is 118 Å². The molecule has 1 aliphatic rings. The van der Waals surface area contributed by atoms with Gasteiger partial charge in [0.25, 0.3) is 5.91 Å². The first-order valence-electron chi connectivity index (χ1n) is 6.88. The average molecular weight is 279 g/mol. The maximum absolute atomic E-state index is 12.1. The van der Waals surface area contributed by atoms with Crippen molar-refractivity contribution in [2.75, 3.05) is 23.4 Å². The first-order valence-corrected chi connectivity index (χ1v) is 8.03. The van der Waals surface area contributed by atoms with E-state index in [1.165, 1.54) is 0 Å². The molecule has 0 aromatic carbocycles. The molecule has 104 valence electrons. The molecule has 0 aliphatic carbocycles. The number of anilines is 1. The van der Waals surface area contributed by atoms with Gasteiger partial charge in [-0.15, -0.1) is 0 Å². The van der Waals surface area contributed by atoms with Crippen molar-refractivity contribution in [3.05, 3.63) is 24.0 Å². The molecule has 5 heteroatoms. The van der Waals surface area contributed by atoms with Crippen LogP contribution in [0.3, 0.4) is 0 Å². The van der Waals surface area contributed by atoms with E-state index in [4.69, 9.17) is 0 Å². The van der Waals surface area contributed by atoms with Gasteiger partial charge in [0.05, 0.1) is 0 Å². The van der Waals surface area contributed by atoms with Gasteiger partial charge in [-0.2, -0.15) is 11.8 Å². The molecule has 1 aromatic heterocycles. The van der Waals surface area contributed by atoms with Gasteiger partial charge in [-0.05, 0) is 42.9 Å². The molecule has 1 aliphatic heterocycles. The van der Waals surface area contributed by atoms with Crippen molar-refractivity contribution in [3.8, 4) is 0 Å². The molecular weight excluding hydrogens is 258 g/mol. The third-order valence-corrected chi connectivity index (χ3v) is 4.18. The van der Waals surface area contributed by atoms with Crippen molar-refractivity contribution in [2.24, 2.45) is 0 Å². The number of nitrogens with zero attached hydrogens (tertiary/aromatic N) is 1. The fourth-order valence-electron chi connectivity index (χ4n) is 2.04. The standard InChI is InChI=1S/C14H21N3OS/c1-2-6-15-12-3-7-16-13(10-12)14(18)17-11-4-8-19-9-5-11/h3,7,10-11H,2,4-6,8-9H2,1H3,(H,15,16)(H,17,18). The van der Waals surface area contributed by atoms with E-state index in [9.17, 15) is 4.79 Å². The summed E-state index contributed by atoms with van der Waals surface area (Å²) in [5.74, 6) is 2.21. The van der Waals surface area contributed by atoms with Gasteiger partial charge < -0.3 is 10.6 Å². The first-order chi connectivity index (χ1) is 9.29. The van der Waals surface area contributed by atoms with E-state index in [-0.39, 0.29) is 5.91 Å². The van der Waals surface area contributed by atoms with E-state index >= 15 is 0 Å². The summed E-state index contributed by atoms with van der Waals surface area (Å²) in [5.41, 5.74) is 1.46. The topological polar surface area (TPSA) is 54.0 Å². The second kappa shape index (κ2) is 7.38. The van der Waals surface area contributed by atoms with Gasteiger partial charge in [-0.25, -0.2) is 0 Å². The molecule has 4 nitrogen and oxygen atoms in total. The molecule has 1 fully saturated rings. The van der Waals surface area contributed by atoms with Crippen LogP contribution >= 0.6 is 11.8 Å². The van der Waals surface area contributed by atoms with Gasteiger partial charge in [0.2, 0.25) is 0 Å². The van der Waals surface area contributed by atoms with Crippen LogP contribution in [0.25, 0.3) is 0 Å². The maximum Gasteiger partial charge on any atom is 0.270 e. The molecule has 0 spiro atoms. The maximum atomic E-state index is 12.1. The lowest BCUT2D eigenvalue weighted by atomic mass is 10.1. The molecule has 0 atom stereocenters. The number of hydrogen-bond donors (Lipinski definition) is 2. The van der Waals surface area contributed by atoms with E-state index in [0.717, 1.165) is 43.0 Å². The van der Waals surface area contributed by atoms with E-state index in [2.05, 4.69) is 22.5 Å². The van der Waals surface area contributed by atoms with Crippen LogP contribution in [-0.2, 0) is 0 Å². The van der Waals surface area contributed by atoms with E-state index in [1.807, 2.05) is 23.9 Å². The molecule has 2 N–H and O–H groups in total. The smallest absolute Gasteiger partial charge is 0.270 e. The highest BCUT2D eigenvalue weighted by atomic mass is 32.2. The van der Waals surface area contributed by atoms with Crippen molar-refractivity contribution in [3.63, 3.8) is 0 Å². The Morgan fingerprint density at radius 1 is 1.47 bits per heavy atom. The highest BCUT2D eigenvalue weighted by Gasteiger charge is 2.17. The predicted octanol–water partition coefficient (Wildman–Crippen LogP) is 2.53. The van der Waals surface area contributed by atoms with Crippen LogP contribution in [0.5, 0.6) is 0 Å². The average Bonchev–Trinajstić information content (AvgIpc) is 2.46. The first kappa shape index (κ1) is 14.2. The third kappa shape index (κ3) is 4.42. The molecule has 2 heterocycles. The fourth-order valence-corrected chi connectivity index (χ4v) is 3.14. The summed E-state index contributed by atoms with van der Waals surface area (Å²) in [6, 6.07) is 4.02. The Bertz CT molecular complexity index is 419. The quantitative estimate of drug-likeness (QED) is 0.869. The SMILES string of the molecule is CCCNc1ccnc(C(=O)NC2CCSCC2)c1. The van der Waals surface area contributed by atoms with Crippen molar-refractivity contribution in [1.29, 1.82) is 0 Å². The van der Waals surface area contributed by atoms with Crippen LogP contribution in [0.2, 0.25) is 0 Å². The molecule has 1 aromatic rings. The molecule has 2 rings (SSSR count). The lowest BCUT2D eigenvalue weighted by Gasteiger charge is -2.22. The highest BCUT2D eigenvalue weighted by molar-refractivity contribution is 7.99. The van der Waals surface area contributed by atoms with Crippen LogP contribution in [0, 0.1) is 0 Å². The zero-order valence-electron chi connectivity index (χ0n) is 11.3. The molecule has 19 heavy (non-hydrogen) atoms. The summed E-state index contributed by atoms with van der Waals surface area (Å²) in [7, 11) is 0. The Morgan fingerprint density at radius 3 is 3.00 bits per heavy atom. The Kier molecular flexibility index (Phi) is 5.51. The summed E-state index contributed by atoms with van der Waals surface area (Å²) in [4.78, 5) is 16.3. The number of nitrogens with one attached hydrogen (secondary N) is 2. The van der Waals surface area contributed by atoms with Gasteiger partial charge in [0.15, 0.2) is 0 Å². The zero-order chi connectivity index (χ0) is 13.5. The number of hydrogen-bond acceptors (Lipinski definition) is 4. The summed E-state index contributed by atoms with van der Waals surface area (Å²) >= 11 is 1.96. The molecule has 1 saturated heterocycles. The van der Waals surface area contributed by atoms with Gasteiger partial charge in [-0.1, -0.05) is 6.92 Å². The summed E-state index contributed by atoms with van der Waals surface area (Å²) in [5, 5.41) is 6.35. The van der Waals surface area contributed by atoms with Gasteiger partial charge in [0, 0.05) is 24.5 Å².